The van der Waals surface area contributed by atoms with Crippen molar-refractivity contribution in [1.82, 2.24) is 0 Å². The van der Waals surface area contributed by atoms with Gasteiger partial charge in [0.1, 0.15) is 5.82 Å². The molecule has 7 heteroatoms. The number of anilines is 1. The van der Waals surface area contributed by atoms with E-state index in [0.717, 1.165) is 12.1 Å². The van der Waals surface area contributed by atoms with Gasteiger partial charge in [0.05, 0.1) is 5.69 Å². The number of benzene rings is 1. The molecule has 0 unspecified atom stereocenters. The normalized spacial score (nSPS) is 10.2. The van der Waals surface area contributed by atoms with E-state index in [2.05, 4.69) is 5.32 Å². The van der Waals surface area contributed by atoms with Crippen molar-refractivity contribution < 1.29 is 23.5 Å². The highest BCUT2D eigenvalue weighted by molar-refractivity contribution is 6.30. The van der Waals surface area contributed by atoms with E-state index < -0.39 is 17.7 Å². The maximum atomic E-state index is 13.4. The Bertz CT molecular complexity index is 653. The summed E-state index contributed by atoms with van der Waals surface area (Å²) in [5.41, 5.74) is -0.0809. The van der Waals surface area contributed by atoms with Crippen molar-refractivity contribution in [2.24, 2.45) is 0 Å². The Morgan fingerprint density at radius 3 is 2.47 bits per heavy atom. The molecule has 0 aliphatic carbocycles. The van der Waals surface area contributed by atoms with Gasteiger partial charge in [-0.3, -0.25) is 4.79 Å². The highest BCUT2D eigenvalue weighted by Crippen LogP contribution is 2.20. The zero-order chi connectivity index (χ0) is 14.0. The first kappa shape index (κ1) is 13.1. The van der Waals surface area contributed by atoms with Crippen molar-refractivity contribution in [3.05, 3.63) is 52.7 Å². The van der Waals surface area contributed by atoms with Crippen molar-refractivity contribution >= 4 is 29.2 Å². The van der Waals surface area contributed by atoms with Crippen LogP contribution >= 0.6 is 11.6 Å². The predicted octanol–water partition coefficient (Wildman–Crippen LogP) is 3.02. The van der Waals surface area contributed by atoms with E-state index in [1.54, 1.807) is 0 Å². The maximum absolute atomic E-state index is 13.4. The molecule has 2 aromatic rings. The molecular formula is C12H7ClFNO4. The third-order valence-electron chi connectivity index (χ3n) is 2.22. The molecule has 1 aromatic carbocycles. The number of carbonyl (C=O) groups is 2. The molecule has 0 aliphatic rings. The third kappa shape index (κ3) is 2.92. The van der Waals surface area contributed by atoms with Gasteiger partial charge in [-0.2, -0.15) is 0 Å². The number of halogens is 2. The first-order chi connectivity index (χ1) is 8.97. The van der Waals surface area contributed by atoms with E-state index in [4.69, 9.17) is 21.1 Å². The van der Waals surface area contributed by atoms with Crippen molar-refractivity contribution in [1.29, 1.82) is 0 Å². The number of nitrogens with one attached hydrogen (secondary N) is 1. The molecule has 19 heavy (non-hydrogen) atoms. The predicted molar refractivity (Wildman–Crippen MR) is 65.0 cm³/mol. The molecule has 0 radical (unpaired) electrons. The largest absolute Gasteiger partial charge is 0.475 e. The quantitative estimate of drug-likeness (QED) is 0.907. The molecule has 2 rings (SSSR count). The van der Waals surface area contributed by atoms with Crippen LogP contribution in [-0.4, -0.2) is 17.0 Å². The number of carbonyl (C=O) groups excluding carboxylic acids is 1. The molecule has 0 bridgehead atoms. The Morgan fingerprint density at radius 2 is 1.89 bits per heavy atom. The molecule has 0 saturated carbocycles. The molecule has 0 aliphatic heterocycles. The van der Waals surface area contributed by atoms with Crippen LogP contribution in [0.2, 0.25) is 5.02 Å². The second kappa shape index (κ2) is 5.11. The lowest BCUT2D eigenvalue weighted by Gasteiger charge is -2.04. The fraction of sp³-hybridized carbons (Fsp3) is 0. The summed E-state index contributed by atoms with van der Waals surface area (Å²) in [6, 6.07) is 6.06. The lowest BCUT2D eigenvalue weighted by Crippen LogP contribution is -2.12. The van der Waals surface area contributed by atoms with Crippen molar-refractivity contribution in [2.75, 3.05) is 5.32 Å². The highest BCUT2D eigenvalue weighted by atomic mass is 35.5. The minimum atomic E-state index is -1.29. The number of amides is 1. The van der Waals surface area contributed by atoms with E-state index in [1.807, 2.05) is 0 Å². The standard InChI is InChI=1S/C12H7ClFNO4/c13-6-1-2-8(7(14)5-6)15-11(16)9-3-4-10(19-9)12(17)18/h1-5H,(H,15,16)(H,17,18). The molecule has 5 nitrogen and oxygen atoms in total. The van der Waals surface area contributed by atoms with Crippen LogP contribution in [-0.2, 0) is 0 Å². The Hall–Kier alpha value is -2.34. The van der Waals surface area contributed by atoms with E-state index in [9.17, 15) is 14.0 Å². The smallest absolute Gasteiger partial charge is 0.371 e. The van der Waals surface area contributed by atoms with Crippen LogP contribution in [0.4, 0.5) is 10.1 Å². The SMILES string of the molecule is O=C(O)c1ccc(C(=O)Nc2ccc(Cl)cc2F)o1. The second-order valence-electron chi connectivity index (χ2n) is 3.55. The Morgan fingerprint density at radius 1 is 1.21 bits per heavy atom. The summed E-state index contributed by atoms with van der Waals surface area (Å²) in [6.07, 6.45) is 0. The first-order valence-corrected chi connectivity index (χ1v) is 5.44. The minimum absolute atomic E-state index is 0.0809. The molecule has 98 valence electrons. The van der Waals surface area contributed by atoms with Crippen LogP contribution in [0, 0.1) is 5.82 Å². The highest BCUT2D eigenvalue weighted by Gasteiger charge is 2.16. The number of aromatic carboxylic acids is 1. The van der Waals surface area contributed by atoms with Crippen LogP contribution in [0.25, 0.3) is 0 Å². The molecular weight excluding hydrogens is 277 g/mol. The van der Waals surface area contributed by atoms with Gasteiger partial charge in [0, 0.05) is 5.02 Å². The van der Waals surface area contributed by atoms with Crippen LogP contribution in [0.15, 0.2) is 34.7 Å². The second-order valence-corrected chi connectivity index (χ2v) is 3.98. The fourth-order valence-electron chi connectivity index (χ4n) is 1.35. The lowest BCUT2D eigenvalue weighted by molar-refractivity contribution is 0.0660. The average molecular weight is 284 g/mol. The average Bonchev–Trinajstić information content (AvgIpc) is 2.82. The molecule has 0 saturated heterocycles. The third-order valence-corrected chi connectivity index (χ3v) is 2.46. The topological polar surface area (TPSA) is 79.5 Å². The summed E-state index contributed by atoms with van der Waals surface area (Å²) >= 11 is 5.57. The van der Waals surface area contributed by atoms with Gasteiger partial charge in [-0.15, -0.1) is 0 Å². The molecule has 1 heterocycles. The van der Waals surface area contributed by atoms with Crippen LogP contribution in [0.5, 0.6) is 0 Å². The number of carboxylic acid groups (broad SMARTS) is 1. The molecule has 1 amide bonds. The van der Waals surface area contributed by atoms with Crippen molar-refractivity contribution in [2.45, 2.75) is 0 Å². The zero-order valence-corrected chi connectivity index (χ0v) is 10.1. The van der Waals surface area contributed by atoms with Crippen molar-refractivity contribution in [3.63, 3.8) is 0 Å². The molecule has 0 fully saturated rings. The number of hydrogen-bond acceptors (Lipinski definition) is 3. The number of furan rings is 1. The van der Waals surface area contributed by atoms with E-state index in [0.29, 0.717) is 0 Å². The first-order valence-electron chi connectivity index (χ1n) is 5.07. The summed E-state index contributed by atoms with van der Waals surface area (Å²) < 4.78 is 18.2. The Labute approximate surface area is 111 Å². The van der Waals surface area contributed by atoms with Crippen LogP contribution < -0.4 is 5.32 Å². The summed E-state index contributed by atoms with van der Waals surface area (Å²) in [5, 5.41) is 11.1. The van der Waals surface area contributed by atoms with Gasteiger partial charge in [0.2, 0.25) is 5.76 Å². The Kier molecular flexibility index (Phi) is 3.52. The number of carboxylic acids is 1. The fourth-order valence-corrected chi connectivity index (χ4v) is 1.51. The van der Waals surface area contributed by atoms with Gasteiger partial charge in [-0.05, 0) is 30.3 Å². The van der Waals surface area contributed by atoms with Crippen LogP contribution in [0.3, 0.4) is 0 Å². The molecule has 1 aromatic heterocycles. The molecule has 0 spiro atoms. The lowest BCUT2D eigenvalue weighted by atomic mass is 10.3. The monoisotopic (exact) mass is 283 g/mol. The number of rotatable bonds is 3. The van der Waals surface area contributed by atoms with E-state index in [-0.39, 0.29) is 22.2 Å². The van der Waals surface area contributed by atoms with Gasteiger partial charge < -0.3 is 14.8 Å². The summed E-state index contributed by atoms with van der Waals surface area (Å²) in [6.45, 7) is 0. The Balaban J connectivity index is 2.18. The maximum Gasteiger partial charge on any atom is 0.371 e. The molecule has 0 atom stereocenters. The zero-order valence-electron chi connectivity index (χ0n) is 9.31. The van der Waals surface area contributed by atoms with E-state index in [1.165, 1.54) is 18.2 Å². The van der Waals surface area contributed by atoms with E-state index >= 15 is 0 Å². The molecule has 2 N–H and O–H groups in total. The van der Waals surface area contributed by atoms with Crippen LogP contribution in [0.1, 0.15) is 21.1 Å². The summed E-state index contributed by atoms with van der Waals surface area (Å²) in [7, 11) is 0. The van der Waals surface area contributed by atoms with Gasteiger partial charge >= 0.3 is 5.97 Å². The van der Waals surface area contributed by atoms with Gasteiger partial charge in [0.15, 0.2) is 5.76 Å². The van der Waals surface area contributed by atoms with Crippen molar-refractivity contribution in [3.8, 4) is 0 Å². The van der Waals surface area contributed by atoms with Gasteiger partial charge in [-0.1, -0.05) is 11.6 Å². The van der Waals surface area contributed by atoms with Gasteiger partial charge in [-0.25, -0.2) is 9.18 Å². The summed E-state index contributed by atoms with van der Waals surface area (Å²) in [5.74, 6) is -3.36. The minimum Gasteiger partial charge on any atom is -0.475 e. The number of hydrogen-bond donors (Lipinski definition) is 2. The summed E-state index contributed by atoms with van der Waals surface area (Å²) in [4.78, 5) is 22.3. The van der Waals surface area contributed by atoms with Gasteiger partial charge in [0.25, 0.3) is 5.91 Å².